The van der Waals surface area contributed by atoms with Crippen LogP contribution in [0.2, 0.25) is 0 Å². The maximum atomic E-state index is 11.9. The van der Waals surface area contributed by atoms with Crippen LogP contribution in [0, 0.1) is 11.8 Å². The van der Waals surface area contributed by atoms with Crippen LogP contribution >= 0.6 is 0 Å². The fourth-order valence-corrected chi connectivity index (χ4v) is 1.49. The molecule has 0 amide bonds. The molecule has 0 N–H and O–H groups in total. The minimum Gasteiger partial charge on any atom is -0.465 e. The number of benzene rings is 1. The second-order valence-corrected chi connectivity index (χ2v) is 5.29. The number of esters is 2. The highest BCUT2D eigenvalue weighted by Gasteiger charge is 2.25. The van der Waals surface area contributed by atoms with Crippen LogP contribution in [0.1, 0.15) is 38.1 Å². The molecule has 0 aliphatic rings. The predicted octanol–water partition coefficient (Wildman–Crippen LogP) is 3.07. The Labute approximate surface area is 120 Å². The van der Waals surface area contributed by atoms with Crippen molar-refractivity contribution in [1.29, 1.82) is 0 Å². The molecule has 1 aromatic rings. The minimum atomic E-state index is -0.526. The van der Waals surface area contributed by atoms with Gasteiger partial charge in [-0.25, -0.2) is 4.79 Å². The fourth-order valence-electron chi connectivity index (χ4n) is 1.49. The van der Waals surface area contributed by atoms with E-state index in [0.717, 1.165) is 0 Å². The van der Waals surface area contributed by atoms with Crippen molar-refractivity contribution >= 4 is 11.9 Å². The van der Waals surface area contributed by atoms with Gasteiger partial charge in [-0.2, -0.15) is 0 Å². The van der Waals surface area contributed by atoms with Gasteiger partial charge in [0.25, 0.3) is 0 Å². The molecular weight excluding hydrogens is 256 g/mol. The lowest BCUT2D eigenvalue weighted by Crippen LogP contribution is -2.30. The van der Waals surface area contributed by atoms with Gasteiger partial charge in [-0.1, -0.05) is 32.0 Å². The molecule has 0 fully saturated rings. The van der Waals surface area contributed by atoms with Gasteiger partial charge >= 0.3 is 11.9 Å². The van der Waals surface area contributed by atoms with Crippen molar-refractivity contribution in [2.45, 2.75) is 33.8 Å². The van der Waals surface area contributed by atoms with Crippen LogP contribution in [0.25, 0.3) is 0 Å². The van der Waals surface area contributed by atoms with E-state index in [9.17, 15) is 9.59 Å². The molecule has 0 aliphatic heterocycles. The summed E-state index contributed by atoms with van der Waals surface area (Å²) < 4.78 is 10.4. The molecule has 1 rings (SSSR count). The largest absolute Gasteiger partial charge is 0.465 e. The summed E-state index contributed by atoms with van der Waals surface area (Å²) in [5, 5.41) is 0. The van der Waals surface area contributed by atoms with Crippen molar-refractivity contribution < 1.29 is 19.1 Å². The Morgan fingerprint density at radius 2 is 1.65 bits per heavy atom. The summed E-state index contributed by atoms with van der Waals surface area (Å²) in [6.07, 6.45) is -0.526. The standard InChI is InChI=1S/C16H22O4/c1-11(2)10-19-15(17)12(3)13(4)20-16(18)14-8-6-5-7-9-14/h5-9,11-13H,10H2,1-4H3. The lowest BCUT2D eigenvalue weighted by molar-refractivity contribution is -0.152. The Morgan fingerprint density at radius 1 is 1.05 bits per heavy atom. The Hall–Kier alpha value is -1.84. The lowest BCUT2D eigenvalue weighted by atomic mass is 10.1. The maximum absolute atomic E-state index is 11.9. The summed E-state index contributed by atoms with van der Waals surface area (Å²) in [6.45, 7) is 7.71. The zero-order valence-corrected chi connectivity index (χ0v) is 12.5. The molecule has 0 saturated carbocycles. The molecule has 2 unspecified atom stereocenters. The lowest BCUT2D eigenvalue weighted by Gasteiger charge is -2.19. The highest BCUT2D eigenvalue weighted by atomic mass is 16.6. The van der Waals surface area contributed by atoms with E-state index in [0.29, 0.717) is 12.2 Å². The first-order valence-corrected chi connectivity index (χ1v) is 6.84. The van der Waals surface area contributed by atoms with E-state index in [1.54, 1.807) is 38.1 Å². The molecule has 110 valence electrons. The SMILES string of the molecule is CC(C)COC(=O)C(C)C(C)OC(=O)c1ccccc1. The highest BCUT2D eigenvalue weighted by molar-refractivity contribution is 5.89. The molecule has 0 aliphatic carbocycles. The molecule has 0 saturated heterocycles. The molecule has 2 atom stereocenters. The smallest absolute Gasteiger partial charge is 0.338 e. The van der Waals surface area contributed by atoms with E-state index >= 15 is 0 Å². The van der Waals surface area contributed by atoms with E-state index in [2.05, 4.69) is 0 Å². The van der Waals surface area contributed by atoms with Crippen molar-refractivity contribution in [2.24, 2.45) is 11.8 Å². The van der Waals surface area contributed by atoms with E-state index < -0.39 is 18.0 Å². The quantitative estimate of drug-likeness (QED) is 0.750. The Kier molecular flexibility index (Phi) is 6.22. The van der Waals surface area contributed by atoms with Crippen molar-refractivity contribution in [2.75, 3.05) is 6.61 Å². The van der Waals surface area contributed by atoms with E-state index in [-0.39, 0.29) is 11.9 Å². The average Bonchev–Trinajstić information content (AvgIpc) is 2.44. The summed E-state index contributed by atoms with van der Waals surface area (Å²) in [5.41, 5.74) is 0.474. The number of hydrogen-bond donors (Lipinski definition) is 0. The van der Waals surface area contributed by atoms with Crippen LogP contribution in [0.3, 0.4) is 0 Å². The fraction of sp³-hybridized carbons (Fsp3) is 0.500. The summed E-state index contributed by atoms with van der Waals surface area (Å²) in [7, 11) is 0. The van der Waals surface area contributed by atoms with Gasteiger partial charge in [0.2, 0.25) is 0 Å². The second kappa shape index (κ2) is 7.68. The normalized spacial score (nSPS) is 13.7. The number of rotatable bonds is 6. The van der Waals surface area contributed by atoms with Crippen LogP contribution in [0.5, 0.6) is 0 Å². The van der Waals surface area contributed by atoms with Gasteiger partial charge in [0.15, 0.2) is 0 Å². The average molecular weight is 278 g/mol. The molecule has 4 heteroatoms. The Balaban J connectivity index is 2.51. The molecule has 0 spiro atoms. The van der Waals surface area contributed by atoms with Gasteiger partial charge in [0, 0.05) is 0 Å². The zero-order valence-electron chi connectivity index (χ0n) is 12.5. The number of hydrogen-bond acceptors (Lipinski definition) is 4. The van der Waals surface area contributed by atoms with Crippen molar-refractivity contribution in [3.8, 4) is 0 Å². The van der Waals surface area contributed by atoms with Crippen LogP contribution in [-0.2, 0) is 14.3 Å². The van der Waals surface area contributed by atoms with Crippen LogP contribution < -0.4 is 0 Å². The second-order valence-electron chi connectivity index (χ2n) is 5.29. The van der Waals surface area contributed by atoms with Gasteiger partial charge in [-0.3, -0.25) is 4.79 Å². The van der Waals surface area contributed by atoms with Gasteiger partial charge < -0.3 is 9.47 Å². The molecular formula is C16H22O4. The monoisotopic (exact) mass is 278 g/mol. The van der Waals surface area contributed by atoms with Crippen molar-refractivity contribution in [1.82, 2.24) is 0 Å². The third-order valence-corrected chi connectivity index (χ3v) is 2.94. The first-order chi connectivity index (χ1) is 9.41. The summed E-state index contributed by atoms with van der Waals surface area (Å²) >= 11 is 0. The summed E-state index contributed by atoms with van der Waals surface area (Å²) in [4.78, 5) is 23.7. The molecule has 4 nitrogen and oxygen atoms in total. The van der Waals surface area contributed by atoms with Crippen molar-refractivity contribution in [3.05, 3.63) is 35.9 Å². The number of carbonyl (C=O) groups is 2. The van der Waals surface area contributed by atoms with Crippen molar-refractivity contribution in [3.63, 3.8) is 0 Å². The Morgan fingerprint density at radius 3 is 2.20 bits per heavy atom. The molecule has 1 aromatic carbocycles. The van der Waals surface area contributed by atoms with Gasteiger partial charge in [0.1, 0.15) is 6.10 Å². The van der Waals surface area contributed by atoms with Gasteiger partial charge in [-0.15, -0.1) is 0 Å². The molecule has 20 heavy (non-hydrogen) atoms. The van der Waals surface area contributed by atoms with Crippen LogP contribution in [0.15, 0.2) is 30.3 Å². The van der Waals surface area contributed by atoms with E-state index in [1.165, 1.54) is 0 Å². The first kappa shape index (κ1) is 16.2. The van der Waals surface area contributed by atoms with Crippen LogP contribution in [-0.4, -0.2) is 24.6 Å². The third kappa shape index (κ3) is 5.03. The van der Waals surface area contributed by atoms with Crippen LogP contribution in [0.4, 0.5) is 0 Å². The first-order valence-electron chi connectivity index (χ1n) is 6.84. The molecule has 0 bridgehead atoms. The zero-order chi connectivity index (χ0) is 15.1. The topological polar surface area (TPSA) is 52.6 Å². The number of ether oxygens (including phenoxy) is 2. The number of carbonyl (C=O) groups excluding carboxylic acids is 2. The molecule has 0 radical (unpaired) electrons. The third-order valence-electron chi connectivity index (χ3n) is 2.94. The summed E-state index contributed by atoms with van der Waals surface area (Å²) in [5.74, 6) is -0.969. The molecule has 0 aromatic heterocycles. The minimum absolute atomic E-state index is 0.285. The highest BCUT2D eigenvalue weighted by Crippen LogP contribution is 2.13. The van der Waals surface area contributed by atoms with Gasteiger partial charge in [-0.05, 0) is 31.9 Å². The van der Waals surface area contributed by atoms with E-state index in [1.807, 2.05) is 19.9 Å². The maximum Gasteiger partial charge on any atom is 0.338 e. The van der Waals surface area contributed by atoms with Gasteiger partial charge in [0.05, 0.1) is 18.1 Å². The van der Waals surface area contributed by atoms with E-state index in [4.69, 9.17) is 9.47 Å². The molecule has 0 heterocycles. The Bertz CT molecular complexity index is 439. The summed E-state index contributed by atoms with van der Waals surface area (Å²) in [6, 6.07) is 8.71. The predicted molar refractivity (Wildman–Crippen MR) is 76.3 cm³/mol.